The van der Waals surface area contributed by atoms with Crippen molar-refractivity contribution in [1.29, 1.82) is 0 Å². The van der Waals surface area contributed by atoms with Crippen LogP contribution in [0, 0.1) is 6.92 Å². The molecule has 0 aliphatic carbocycles. The fraction of sp³-hybridized carbons (Fsp3) is 0.667. The highest BCUT2D eigenvalue weighted by Crippen LogP contribution is 2.31. The Morgan fingerprint density at radius 2 is 2.17 bits per heavy atom. The summed E-state index contributed by atoms with van der Waals surface area (Å²) in [6.45, 7) is 4.00. The monoisotopic (exact) mass is 357 g/mol. The van der Waals surface area contributed by atoms with Crippen molar-refractivity contribution in [3.05, 3.63) is 17.0 Å². The Bertz CT molecular complexity index is 680. The highest BCUT2D eigenvalue weighted by atomic mass is 32.2. The number of thiophene rings is 1. The number of amides is 1. The van der Waals surface area contributed by atoms with E-state index in [0.717, 1.165) is 30.8 Å². The van der Waals surface area contributed by atoms with E-state index in [4.69, 9.17) is 0 Å². The summed E-state index contributed by atoms with van der Waals surface area (Å²) in [5, 5.41) is 3.24. The molecule has 2 aliphatic heterocycles. The van der Waals surface area contributed by atoms with Gasteiger partial charge >= 0.3 is 0 Å². The van der Waals surface area contributed by atoms with Crippen molar-refractivity contribution < 1.29 is 13.2 Å². The molecule has 0 bridgehead atoms. The zero-order valence-corrected chi connectivity index (χ0v) is 15.1. The molecule has 23 heavy (non-hydrogen) atoms. The molecular formula is C15H23N3O3S2. The van der Waals surface area contributed by atoms with Crippen molar-refractivity contribution in [2.45, 2.75) is 42.5 Å². The van der Waals surface area contributed by atoms with Crippen molar-refractivity contribution in [3.8, 4) is 0 Å². The molecule has 2 atom stereocenters. The Kier molecular flexibility index (Phi) is 4.78. The van der Waals surface area contributed by atoms with E-state index in [0.29, 0.717) is 17.2 Å². The van der Waals surface area contributed by atoms with Crippen LogP contribution < -0.4 is 5.32 Å². The van der Waals surface area contributed by atoms with Crippen LogP contribution in [0.15, 0.2) is 16.3 Å². The van der Waals surface area contributed by atoms with Gasteiger partial charge in [-0.3, -0.25) is 4.79 Å². The first kappa shape index (κ1) is 16.9. The first-order valence-electron chi connectivity index (χ1n) is 7.97. The van der Waals surface area contributed by atoms with Gasteiger partial charge in [-0.25, -0.2) is 8.42 Å². The van der Waals surface area contributed by atoms with Gasteiger partial charge < -0.3 is 10.2 Å². The Morgan fingerprint density at radius 1 is 1.39 bits per heavy atom. The summed E-state index contributed by atoms with van der Waals surface area (Å²) in [7, 11) is -1.79. The lowest BCUT2D eigenvalue weighted by Crippen LogP contribution is -2.49. The number of rotatable bonds is 4. The quantitative estimate of drug-likeness (QED) is 0.874. The fourth-order valence-corrected chi connectivity index (χ4v) is 6.39. The molecule has 2 saturated heterocycles. The molecule has 1 aromatic rings. The van der Waals surface area contributed by atoms with Gasteiger partial charge in [-0.1, -0.05) is 0 Å². The molecule has 0 spiro atoms. The van der Waals surface area contributed by atoms with E-state index >= 15 is 0 Å². The third-order valence-electron chi connectivity index (χ3n) is 4.70. The van der Waals surface area contributed by atoms with Crippen LogP contribution in [0.1, 0.15) is 24.1 Å². The smallest absolute Gasteiger partial charge is 0.253 e. The van der Waals surface area contributed by atoms with E-state index in [1.54, 1.807) is 24.1 Å². The average Bonchev–Trinajstić information content (AvgIpc) is 3.25. The molecule has 3 heterocycles. The number of sulfonamides is 1. The van der Waals surface area contributed by atoms with Crippen molar-refractivity contribution in [2.75, 3.05) is 26.7 Å². The number of hydrogen-bond donors (Lipinski definition) is 1. The van der Waals surface area contributed by atoms with Crippen molar-refractivity contribution in [1.82, 2.24) is 14.5 Å². The van der Waals surface area contributed by atoms with Gasteiger partial charge in [-0.15, -0.1) is 11.3 Å². The minimum atomic E-state index is -3.58. The minimum absolute atomic E-state index is 0.0759. The Morgan fingerprint density at radius 3 is 2.78 bits per heavy atom. The lowest BCUT2D eigenvalue weighted by molar-refractivity contribution is -0.135. The van der Waals surface area contributed by atoms with E-state index in [1.165, 1.54) is 15.6 Å². The Balaban J connectivity index is 1.81. The first-order valence-corrected chi connectivity index (χ1v) is 10.2. The van der Waals surface area contributed by atoms with E-state index in [1.807, 2.05) is 6.92 Å². The molecule has 2 fully saturated rings. The van der Waals surface area contributed by atoms with Gasteiger partial charge in [-0.2, -0.15) is 4.31 Å². The molecule has 1 aromatic heterocycles. The number of carbonyl (C=O) groups is 1. The van der Waals surface area contributed by atoms with Crippen LogP contribution in [-0.4, -0.2) is 62.3 Å². The highest BCUT2D eigenvalue weighted by Gasteiger charge is 2.42. The predicted molar refractivity (Wildman–Crippen MR) is 90.0 cm³/mol. The van der Waals surface area contributed by atoms with E-state index in [-0.39, 0.29) is 11.9 Å². The normalized spacial score (nSPS) is 25.8. The van der Waals surface area contributed by atoms with Gasteiger partial charge in [0.25, 0.3) is 10.0 Å². The van der Waals surface area contributed by atoms with Gasteiger partial charge in [-0.05, 0) is 44.9 Å². The van der Waals surface area contributed by atoms with Crippen molar-refractivity contribution in [3.63, 3.8) is 0 Å². The number of nitrogens with zero attached hydrogens (tertiary/aromatic N) is 2. The Labute approximate surface area is 141 Å². The molecule has 0 aromatic carbocycles. The first-order chi connectivity index (χ1) is 10.9. The summed E-state index contributed by atoms with van der Waals surface area (Å²) in [6.07, 6.45) is 2.26. The number of likely N-dealkylation sites (N-methyl/N-ethyl adjacent to an activating group) is 1. The maximum absolute atomic E-state index is 12.9. The topological polar surface area (TPSA) is 69.7 Å². The number of hydrogen-bond acceptors (Lipinski definition) is 5. The van der Waals surface area contributed by atoms with Gasteiger partial charge in [0.05, 0.1) is 0 Å². The van der Waals surface area contributed by atoms with Gasteiger partial charge in [0.1, 0.15) is 10.3 Å². The largest absolute Gasteiger partial charge is 0.340 e. The third-order valence-corrected chi connectivity index (χ3v) is 8.07. The van der Waals surface area contributed by atoms with Gasteiger partial charge in [0.15, 0.2) is 0 Å². The summed E-state index contributed by atoms with van der Waals surface area (Å²) in [5.74, 6) is -0.0759. The summed E-state index contributed by atoms with van der Waals surface area (Å²) < 4.78 is 27.5. The zero-order valence-electron chi connectivity index (χ0n) is 13.5. The fourth-order valence-electron chi connectivity index (χ4n) is 3.33. The number of nitrogens with one attached hydrogen (secondary N) is 1. The van der Waals surface area contributed by atoms with Crippen LogP contribution >= 0.6 is 11.3 Å². The molecule has 2 aliphatic rings. The molecular weight excluding hydrogens is 334 g/mol. The van der Waals surface area contributed by atoms with Gasteiger partial charge in [0.2, 0.25) is 5.91 Å². The lowest BCUT2D eigenvalue weighted by atomic mass is 10.1. The molecule has 1 N–H and O–H groups in total. The van der Waals surface area contributed by atoms with Gasteiger partial charge in [0, 0.05) is 31.1 Å². The maximum Gasteiger partial charge on any atom is 0.253 e. The highest BCUT2D eigenvalue weighted by molar-refractivity contribution is 7.91. The molecule has 3 rings (SSSR count). The number of aryl methyl sites for hydroxylation is 1. The summed E-state index contributed by atoms with van der Waals surface area (Å²) in [6, 6.07) is 3.05. The van der Waals surface area contributed by atoms with E-state index in [2.05, 4.69) is 5.32 Å². The standard InChI is InChI=1S/C15H23N3O3S2/c1-11-5-6-14(22-11)23(20,21)18-9-3-4-13(18)15(19)17(2)12-7-8-16-10-12/h5-6,12-13,16H,3-4,7-10H2,1-2H3. The molecule has 0 radical (unpaired) electrons. The average molecular weight is 358 g/mol. The van der Waals surface area contributed by atoms with Crippen LogP contribution in [-0.2, 0) is 14.8 Å². The number of carbonyl (C=O) groups excluding carboxylic acids is 1. The summed E-state index contributed by atoms with van der Waals surface area (Å²) >= 11 is 1.26. The van der Waals surface area contributed by atoms with E-state index in [9.17, 15) is 13.2 Å². The zero-order chi connectivity index (χ0) is 16.6. The molecule has 6 nitrogen and oxygen atoms in total. The third kappa shape index (κ3) is 3.17. The van der Waals surface area contributed by atoms with E-state index < -0.39 is 16.1 Å². The van der Waals surface area contributed by atoms with Crippen molar-refractivity contribution in [2.24, 2.45) is 0 Å². The summed E-state index contributed by atoms with van der Waals surface area (Å²) in [4.78, 5) is 15.5. The Hall–Kier alpha value is -0.960. The molecule has 128 valence electrons. The SMILES string of the molecule is Cc1ccc(S(=O)(=O)N2CCCC2C(=O)N(C)C2CCNC2)s1. The molecule has 0 saturated carbocycles. The van der Waals surface area contributed by atoms with Crippen LogP contribution in [0.4, 0.5) is 0 Å². The second-order valence-corrected chi connectivity index (χ2v) is 9.64. The van der Waals surface area contributed by atoms with Crippen molar-refractivity contribution >= 4 is 27.3 Å². The molecule has 8 heteroatoms. The van der Waals surface area contributed by atoms with Crippen LogP contribution in [0.2, 0.25) is 0 Å². The second-order valence-electron chi connectivity index (χ2n) is 6.23. The predicted octanol–water partition coefficient (Wildman–Crippen LogP) is 1.03. The maximum atomic E-state index is 12.9. The minimum Gasteiger partial charge on any atom is -0.340 e. The van der Waals surface area contributed by atoms with Crippen LogP contribution in [0.5, 0.6) is 0 Å². The second kappa shape index (κ2) is 6.51. The van der Waals surface area contributed by atoms with Crippen LogP contribution in [0.25, 0.3) is 0 Å². The summed E-state index contributed by atoms with van der Waals surface area (Å²) in [5.41, 5.74) is 0. The lowest BCUT2D eigenvalue weighted by Gasteiger charge is -2.30. The van der Waals surface area contributed by atoms with Crippen LogP contribution in [0.3, 0.4) is 0 Å². The molecule has 1 amide bonds. The molecule has 2 unspecified atom stereocenters.